The van der Waals surface area contributed by atoms with Gasteiger partial charge in [-0.3, -0.25) is 4.90 Å². The highest BCUT2D eigenvalue weighted by Gasteiger charge is 2.43. The van der Waals surface area contributed by atoms with Crippen LogP contribution in [-0.2, 0) is 14.6 Å². The average molecular weight is 322 g/mol. The maximum absolute atomic E-state index is 12.4. The van der Waals surface area contributed by atoms with Crippen molar-refractivity contribution in [3.63, 3.8) is 0 Å². The van der Waals surface area contributed by atoms with Gasteiger partial charge in [0.05, 0.1) is 16.9 Å². The van der Waals surface area contributed by atoms with E-state index >= 15 is 0 Å². The molecule has 7 nitrogen and oxygen atoms in total. The molecule has 20 heavy (non-hydrogen) atoms. The van der Waals surface area contributed by atoms with E-state index in [-0.39, 0.29) is 22.9 Å². The standard InChI is InChI=1S/C11H18N2O5S2/c1-7-13(9(5-19-7)10(14)15)11(16)12(2)8-3-4-20(17,18)6-8/h7-9H,3-6H2,1-2H3,(H,14,15). The van der Waals surface area contributed by atoms with Crippen LogP contribution in [-0.4, -0.2) is 77.1 Å². The number of hydrogen-bond acceptors (Lipinski definition) is 5. The zero-order valence-corrected chi connectivity index (χ0v) is 13.0. The largest absolute Gasteiger partial charge is 0.480 e. The van der Waals surface area contributed by atoms with Crippen molar-refractivity contribution in [3.05, 3.63) is 0 Å². The van der Waals surface area contributed by atoms with Gasteiger partial charge in [0.2, 0.25) is 0 Å². The van der Waals surface area contributed by atoms with E-state index in [1.54, 1.807) is 14.0 Å². The van der Waals surface area contributed by atoms with E-state index in [1.807, 2.05) is 0 Å². The highest BCUT2D eigenvalue weighted by Crippen LogP contribution is 2.30. The molecule has 0 aromatic carbocycles. The van der Waals surface area contributed by atoms with Crippen LogP contribution in [0.1, 0.15) is 13.3 Å². The Bertz CT molecular complexity index is 521. The number of amides is 2. The summed E-state index contributed by atoms with van der Waals surface area (Å²) in [5.41, 5.74) is 0. The molecule has 0 radical (unpaired) electrons. The number of carboxylic acid groups (broad SMARTS) is 1. The van der Waals surface area contributed by atoms with E-state index in [2.05, 4.69) is 0 Å². The van der Waals surface area contributed by atoms with Crippen molar-refractivity contribution in [2.45, 2.75) is 30.8 Å². The van der Waals surface area contributed by atoms with Gasteiger partial charge in [-0.2, -0.15) is 0 Å². The number of urea groups is 1. The molecule has 0 bridgehead atoms. The van der Waals surface area contributed by atoms with Crippen LogP contribution >= 0.6 is 11.8 Å². The summed E-state index contributed by atoms with van der Waals surface area (Å²) >= 11 is 1.41. The Morgan fingerprint density at radius 3 is 2.55 bits per heavy atom. The van der Waals surface area contributed by atoms with E-state index in [9.17, 15) is 18.0 Å². The van der Waals surface area contributed by atoms with Crippen molar-refractivity contribution >= 4 is 33.6 Å². The third-order valence-corrected chi connectivity index (χ3v) is 6.75. The third-order valence-electron chi connectivity index (χ3n) is 3.79. The number of nitrogens with zero attached hydrogens (tertiary/aromatic N) is 2. The second-order valence-electron chi connectivity index (χ2n) is 5.14. The van der Waals surface area contributed by atoms with Crippen LogP contribution in [0.2, 0.25) is 0 Å². The molecule has 2 heterocycles. The van der Waals surface area contributed by atoms with Gasteiger partial charge in [-0.25, -0.2) is 18.0 Å². The molecule has 3 unspecified atom stereocenters. The minimum atomic E-state index is -3.07. The van der Waals surface area contributed by atoms with Crippen molar-refractivity contribution in [2.24, 2.45) is 0 Å². The fourth-order valence-electron chi connectivity index (χ4n) is 2.54. The maximum atomic E-state index is 12.4. The van der Waals surface area contributed by atoms with Gasteiger partial charge in [0, 0.05) is 18.8 Å². The Kier molecular flexibility index (Phi) is 4.19. The van der Waals surface area contributed by atoms with Crippen LogP contribution < -0.4 is 0 Å². The third kappa shape index (κ3) is 2.88. The highest BCUT2D eigenvalue weighted by atomic mass is 32.2. The van der Waals surface area contributed by atoms with Crippen LogP contribution in [0.5, 0.6) is 0 Å². The Morgan fingerprint density at radius 2 is 2.05 bits per heavy atom. The summed E-state index contributed by atoms with van der Waals surface area (Å²) in [6.45, 7) is 1.78. The molecular weight excluding hydrogens is 304 g/mol. The van der Waals surface area contributed by atoms with Gasteiger partial charge in [0.15, 0.2) is 9.84 Å². The number of thioether (sulfide) groups is 1. The first-order valence-corrected chi connectivity index (χ1v) is 9.20. The van der Waals surface area contributed by atoms with Gasteiger partial charge in [-0.05, 0) is 13.3 Å². The fourth-order valence-corrected chi connectivity index (χ4v) is 5.48. The molecule has 2 amide bonds. The monoisotopic (exact) mass is 322 g/mol. The first-order valence-electron chi connectivity index (χ1n) is 6.33. The predicted octanol–water partition coefficient (Wildman–Crippen LogP) is 0.0733. The minimum Gasteiger partial charge on any atom is -0.480 e. The molecule has 9 heteroatoms. The van der Waals surface area contributed by atoms with E-state index in [4.69, 9.17) is 5.11 Å². The summed E-state index contributed by atoms with van der Waals surface area (Å²) in [6, 6.07) is -1.61. The first kappa shape index (κ1) is 15.4. The minimum absolute atomic E-state index is 0.0393. The molecule has 1 N–H and O–H groups in total. The lowest BCUT2D eigenvalue weighted by molar-refractivity contribution is -0.141. The normalized spacial score (nSPS) is 32.3. The molecule has 0 saturated carbocycles. The van der Waals surface area contributed by atoms with Crippen LogP contribution in [0, 0.1) is 0 Å². The Hall–Kier alpha value is -0.960. The molecule has 114 valence electrons. The van der Waals surface area contributed by atoms with Crippen molar-refractivity contribution in [1.29, 1.82) is 0 Å². The van der Waals surface area contributed by atoms with Crippen molar-refractivity contribution in [2.75, 3.05) is 24.3 Å². The van der Waals surface area contributed by atoms with Crippen LogP contribution in [0.3, 0.4) is 0 Å². The topological polar surface area (TPSA) is 95.0 Å². The number of carbonyl (C=O) groups is 2. The Morgan fingerprint density at radius 1 is 1.40 bits per heavy atom. The molecule has 2 aliphatic heterocycles. The SMILES string of the molecule is CC1SCC(C(=O)O)N1C(=O)N(C)C1CCS(=O)(=O)C1. The molecule has 3 atom stereocenters. The number of carbonyl (C=O) groups excluding carboxylic acids is 1. The van der Waals surface area contributed by atoms with Crippen molar-refractivity contribution in [3.8, 4) is 0 Å². The molecule has 0 aromatic rings. The van der Waals surface area contributed by atoms with Gasteiger partial charge < -0.3 is 10.0 Å². The van der Waals surface area contributed by atoms with Crippen LogP contribution in [0.4, 0.5) is 4.79 Å². The maximum Gasteiger partial charge on any atom is 0.327 e. The van der Waals surface area contributed by atoms with Gasteiger partial charge in [0.25, 0.3) is 0 Å². The number of sulfone groups is 1. The first-order chi connectivity index (χ1) is 9.23. The lowest BCUT2D eigenvalue weighted by Gasteiger charge is -2.32. The smallest absolute Gasteiger partial charge is 0.327 e. The summed E-state index contributed by atoms with van der Waals surface area (Å²) in [5.74, 6) is -0.619. The molecule has 0 aliphatic carbocycles. The quantitative estimate of drug-likeness (QED) is 0.773. The molecule has 0 spiro atoms. The van der Waals surface area contributed by atoms with E-state index in [1.165, 1.54) is 21.6 Å². The number of hydrogen-bond donors (Lipinski definition) is 1. The summed E-state index contributed by atoms with van der Waals surface area (Å²) in [5, 5.41) is 8.94. The number of aliphatic carboxylic acids is 1. The summed E-state index contributed by atoms with van der Waals surface area (Å²) in [7, 11) is -1.53. The van der Waals surface area contributed by atoms with Crippen molar-refractivity contribution in [1.82, 2.24) is 9.80 Å². The second kappa shape index (κ2) is 5.44. The molecule has 2 rings (SSSR count). The Balaban J connectivity index is 2.12. The number of rotatable bonds is 2. The highest BCUT2D eigenvalue weighted by molar-refractivity contribution is 8.00. The molecular formula is C11H18N2O5S2. The van der Waals surface area contributed by atoms with E-state index in [0.717, 1.165) is 0 Å². The molecule has 2 fully saturated rings. The Labute approximate surface area is 122 Å². The fraction of sp³-hybridized carbons (Fsp3) is 0.818. The lowest BCUT2D eigenvalue weighted by Crippen LogP contribution is -2.52. The summed E-state index contributed by atoms with van der Waals surface area (Å²) in [4.78, 5) is 26.3. The van der Waals surface area contributed by atoms with Gasteiger partial charge in [-0.15, -0.1) is 11.8 Å². The summed E-state index contributed by atoms with van der Waals surface area (Å²) in [6.07, 6.45) is 0.414. The average Bonchev–Trinajstić information content (AvgIpc) is 2.90. The predicted molar refractivity (Wildman–Crippen MR) is 75.4 cm³/mol. The zero-order valence-electron chi connectivity index (χ0n) is 11.4. The van der Waals surface area contributed by atoms with Gasteiger partial charge >= 0.3 is 12.0 Å². The zero-order chi connectivity index (χ0) is 15.1. The van der Waals surface area contributed by atoms with Crippen LogP contribution in [0.25, 0.3) is 0 Å². The summed E-state index contributed by atoms with van der Waals surface area (Å²) < 4.78 is 23.0. The molecule has 0 aromatic heterocycles. The van der Waals surface area contributed by atoms with Crippen LogP contribution in [0.15, 0.2) is 0 Å². The van der Waals surface area contributed by atoms with Gasteiger partial charge in [0.1, 0.15) is 6.04 Å². The lowest BCUT2D eigenvalue weighted by atomic mass is 10.2. The van der Waals surface area contributed by atoms with Gasteiger partial charge in [-0.1, -0.05) is 0 Å². The second-order valence-corrected chi connectivity index (χ2v) is 8.72. The van der Waals surface area contributed by atoms with E-state index in [0.29, 0.717) is 12.2 Å². The van der Waals surface area contributed by atoms with E-state index < -0.39 is 27.9 Å². The number of carboxylic acids is 1. The molecule has 2 aliphatic rings. The molecule has 2 saturated heterocycles. The van der Waals surface area contributed by atoms with Crippen molar-refractivity contribution < 1.29 is 23.1 Å².